The number of alkyl halides is 2. The van der Waals surface area contributed by atoms with Crippen LogP contribution in [-0.4, -0.2) is 46.0 Å². The zero-order valence-corrected chi connectivity index (χ0v) is 13.9. The highest BCUT2D eigenvalue weighted by molar-refractivity contribution is 5.79. The van der Waals surface area contributed by atoms with E-state index < -0.39 is 6.61 Å². The van der Waals surface area contributed by atoms with Gasteiger partial charge in [-0.1, -0.05) is 0 Å². The smallest absolute Gasteiger partial charge is 0.387 e. The van der Waals surface area contributed by atoms with E-state index in [4.69, 9.17) is 9.47 Å². The molecule has 2 rings (SSSR count). The van der Waals surface area contributed by atoms with Crippen molar-refractivity contribution in [2.24, 2.45) is 4.99 Å². The first-order chi connectivity index (χ1) is 11.6. The average Bonchev–Trinajstić information content (AvgIpc) is 3.09. The number of guanidine groups is 1. The van der Waals surface area contributed by atoms with Crippen LogP contribution in [0, 0.1) is 0 Å². The van der Waals surface area contributed by atoms with Crippen molar-refractivity contribution in [2.45, 2.75) is 32.1 Å². The monoisotopic (exact) mass is 343 g/mol. The third-order valence-electron chi connectivity index (χ3n) is 3.67. The van der Waals surface area contributed by atoms with Crippen molar-refractivity contribution in [2.75, 3.05) is 27.3 Å². The first-order valence-corrected chi connectivity index (χ1v) is 7.80. The Balaban J connectivity index is 1.94. The molecule has 0 bridgehead atoms. The van der Waals surface area contributed by atoms with E-state index in [-0.39, 0.29) is 18.4 Å². The molecule has 1 heterocycles. The van der Waals surface area contributed by atoms with Crippen molar-refractivity contribution < 1.29 is 23.0 Å². The van der Waals surface area contributed by atoms with Crippen LogP contribution >= 0.6 is 0 Å². The SMILES string of the molecule is CN=C(NCc1cc(OC)ccc1OC(F)F)NCC1CCCO1. The zero-order chi connectivity index (χ0) is 17.4. The van der Waals surface area contributed by atoms with E-state index in [1.165, 1.54) is 13.2 Å². The van der Waals surface area contributed by atoms with Crippen molar-refractivity contribution in [3.63, 3.8) is 0 Å². The fourth-order valence-electron chi connectivity index (χ4n) is 2.45. The van der Waals surface area contributed by atoms with Crippen LogP contribution in [0.15, 0.2) is 23.2 Å². The molecule has 0 radical (unpaired) electrons. The number of halogens is 2. The number of hydrogen-bond donors (Lipinski definition) is 2. The second kappa shape index (κ2) is 9.27. The van der Waals surface area contributed by atoms with E-state index in [2.05, 4.69) is 20.4 Å². The predicted molar refractivity (Wildman–Crippen MR) is 86.8 cm³/mol. The van der Waals surface area contributed by atoms with Crippen molar-refractivity contribution in [1.82, 2.24) is 10.6 Å². The van der Waals surface area contributed by atoms with Gasteiger partial charge in [-0.05, 0) is 31.0 Å². The maximum Gasteiger partial charge on any atom is 0.387 e. The molecule has 6 nitrogen and oxygen atoms in total. The normalized spacial score (nSPS) is 17.9. The summed E-state index contributed by atoms with van der Waals surface area (Å²) >= 11 is 0. The highest BCUT2D eigenvalue weighted by atomic mass is 19.3. The quantitative estimate of drug-likeness (QED) is 0.587. The molecule has 1 aliphatic heterocycles. The van der Waals surface area contributed by atoms with Gasteiger partial charge in [0, 0.05) is 32.3 Å². The third-order valence-corrected chi connectivity index (χ3v) is 3.67. The van der Waals surface area contributed by atoms with Crippen LogP contribution in [0.3, 0.4) is 0 Å². The second-order valence-electron chi connectivity index (χ2n) is 5.29. The minimum atomic E-state index is -2.88. The molecule has 1 aromatic rings. The molecule has 1 fully saturated rings. The molecule has 134 valence electrons. The molecule has 1 unspecified atom stereocenters. The Bertz CT molecular complexity index is 549. The summed E-state index contributed by atoms with van der Waals surface area (Å²) in [6.07, 6.45) is 2.26. The molecule has 1 aliphatic rings. The predicted octanol–water partition coefficient (Wildman–Crippen LogP) is 2.14. The summed E-state index contributed by atoms with van der Waals surface area (Å²) in [6, 6.07) is 4.69. The molecule has 0 aliphatic carbocycles. The largest absolute Gasteiger partial charge is 0.497 e. The number of methoxy groups -OCH3 is 1. The topological polar surface area (TPSA) is 64.1 Å². The Kier molecular flexibility index (Phi) is 7.05. The van der Waals surface area contributed by atoms with Crippen LogP contribution in [0.25, 0.3) is 0 Å². The molecule has 2 N–H and O–H groups in total. The molecule has 1 saturated heterocycles. The van der Waals surface area contributed by atoms with Crippen LogP contribution in [0.2, 0.25) is 0 Å². The Labute approximate surface area is 140 Å². The number of nitrogens with zero attached hydrogens (tertiary/aromatic N) is 1. The Hall–Kier alpha value is -2.09. The molecular formula is C16H23F2N3O3. The van der Waals surface area contributed by atoms with E-state index in [0.29, 0.717) is 23.8 Å². The maximum atomic E-state index is 12.5. The first-order valence-electron chi connectivity index (χ1n) is 7.80. The van der Waals surface area contributed by atoms with Crippen LogP contribution in [-0.2, 0) is 11.3 Å². The number of rotatable bonds is 7. The van der Waals surface area contributed by atoms with E-state index in [1.807, 2.05) is 0 Å². The van der Waals surface area contributed by atoms with Gasteiger partial charge in [-0.3, -0.25) is 4.99 Å². The van der Waals surface area contributed by atoms with Gasteiger partial charge < -0.3 is 24.8 Å². The molecule has 24 heavy (non-hydrogen) atoms. The van der Waals surface area contributed by atoms with Crippen LogP contribution in [0.1, 0.15) is 18.4 Å². The lowest BCUT2D eigenvalue weighted by Crippen LogP contribution is -2.40. The van der Waals surface area contributed by atoms with E-state index in [9.17, 15) is 8.78 Å². The molecule has 0 aromatic heterocycles. The van der Waals surface area contributed by atoms with E-state index in [1.54, 1.807) is 19.2 Å². The summed E-state index contributed by atoms with van der Waals surface area (Å²) in [6.45, 7) is -1.17. The Morgan fingerprint density at radius 3 is 2.88 bits per heavy atom. The fraction of sp³-hybridized carbons (Fsp3) is 0.562. The van der Waals surface area contributed by atoms with Gasteiger partial charge in [0.15, 0.2) is 5.96 Å². The lowest BCUT2D eigenvalue weighted by atomic mass is 10.2. The minimum absolute atomic E-state index is 0.105. The molecule has 1 atom stereocenters. The highest BCUT2D eigenvalue weighted by Crippen LogP contribution is 2.25. The lowest BCUT2D eigenvalue weighted by Gasteiger charge is -2.17. The Morgan fingerprint density at radius 1 is 1.42 bits per heavy atom. The van der Waals surface area contributed by atoms with Gasteiger partial charge in [-0.25, -0.2) is 0 Å². The zero-order valence-electron chi connectivity index (χ0n) is 13.9. The van der Waals surface area contributed by atoms with Gasteiger partial charge in [0.25, 0.3) is 0 Å². The molecule has 0 spiro atoms. The number of hydrogen-bond acceptors (Lipinski definition) is 4. The molecule has 0 amide bonds. The summed E-state index contributed by atoms with van der Waals surface area (Å²) in [7, 11) is 3.16. The molecule has 8 heteroatoms. The van der Waals surface area contributed by atoms with E-state index >= 15 is 0 Å². The molecule has 0 saturated carbocycles. The van der Waals surface area contributed by atoms with Gasteiger partial charge in [0.1, 0.15) is 11.5 Å². The minimum Gasteiger partial charge on any atom is -0.497 e. The highest BCUT2D eigenvalue weighted by Gasteiger charge is 2.16. The van der Waals surface area contributed by atoms with Gasteiger partial charge in [-0.2, -0.15) is 8.78 Å². The summed E-state index contributed by atoms with van der Waals surface area (Å²) in [5.41, 5.74) is 0.551. The van der Waals surface area contributed by atoms with Crippen molar-refractivity contribution in [3.05, 3.63) is 23.8 Å². The van der Waals surface area contributed by atoms with Crippen LogP contribution in [0.4, 0.5) is 8.78 Å². The number of nitrogens with one attached hydrogen (secondary N) is 2. The summed E-state index contributed by atoms with van der Waals surface area (Å²) in [4.78, 5) is 4.12. The number of ether oxygens (including phenoxy) is 3. The fourth-order valence-corrected chi connectivity index (χ4v) is 2.45. The number of benzene rings is 1. The first kappa shape index (κ1) is 18.3. The standard InChI is InChI=1S/C16H23F2N3O3/c1-19-16(21-10-13-4-3-7-23-13)20-9-11-8-12(22-2)5-6-14(11)24-15(17)18/h5-6,8,13,15H,3-4,7,9-10H2,1-2H3,(H2,19,20,21). The molecular weight excluding hydrogens is 320 g/mol. The maximum absolute atomic E-state index is 12.5. The van der Waals surface area contributed by atoms with Crippen molar-refractivity contribution in [3.8, 4) is 11.5 Å². The number of aliphatic imine (C=N–C) groups is 1. The van der Waals surface area contributed by atoms with Gasteiger partial charge >= 0.3 is 6.61 Å². The van der Waals surface area contributed by atoms with Crippen molar-refractivity contribution >= 4 is 5.96 Å². The lowest BCUT2D eigenvalue weighted by molar-refractivity contribution is -0.0505. The third kappa shape index (κ3) is 5.52. The molecule has 1 aromatic carbocycles. The second-order valence-corrected chi connectivity index (χ2v) is 5.29. The van der Waals surface area contributed by atoms with Crippen molar-refractivity contribution in [1.29, 1.82) is 0 Å². The van der Waals surface area contributed by atoms with E-state index in [0.717, 1.165) is 19.4 Å². The van der Waals surface area contributed by atoms with Gasteiger partial charge in [0.05, 0.1) is 13.2 Å². The van der Waals surface area contributed by atoms with Crippen LogP contribution in [0.5, 0.6) is 11.5 Å². The van der Waals surface area contributed by atoms with Crippen LogP contribution < -0.4 is 20.1 Å². The summed E-state index contributed by atoms with van der Waals surface area (Å²) < 4.78 is 40.2. The van der Waals surface area contributed by atoms with Gasteiger partial charge in [0.2, 0.25) is 0 Å². The summed E-state index contributed by atoms with van der Waals surface area (Å²) in [5.74, 6) is 1.24. The average molecular weight is 343 g/mol. The van der Waals surface area contributed by atoms with Gasteiger partial charge in [-0.15, -0.1) is 0 Å². The Morgan fingerprint density at radius 2 is 2.25 bits per heavy atom. The summed E-state index contributed by atoms with van der Waals surface area (Å²) in [5, 5.41) is 6.24.